The Morgan fingerprint density at radius 3 is 1.95 bits per heavy atom. The van der Waals surface area contributed by atoms with E-state index >= 15 is 0 Å². The molecule has 7 N–H and O–H groups in total. The van der Waals surface area contributed by atoms with E-state index in [9.17, 15) is 50.1 Å². The molecule has 338 valence electrons. The quantitative estimate of drug-likeness (QED) is 0.0754. The highest BCUT2D eigenvalue weighted by Gasteiger charge is 2.74. The summed E-state index contributed by atoms with van der Waals surface area (Å²) in [6, 6.07) is 0. The lowest BCUT2D eigenvalue weighted by molar-refractivity contribution is -0.328. The maximum Gasteiger partial charge on any atom is 0.335 e. The SMILES string of the molecule is CC=C(C)C(=O)OC1C(OC(=O)C(C)=CC)C2(CO)C(O)CC3(C)C(=CCC4C5(C)CCC(OC6OC(C(=O)O)C(O)C(O)C6O)C(C)(CO)C5CCC43C)C2CC1(C)C. The van der Waals surface area contributed by atoms with Gasteiger partial charge in [0.25, 0.3) is 0 Å². The minimum Gasteiger partial charge on any atom is -0.479 e. The second-order valence-corrected chi connectivity index (χ2v) is 20.7. The van der Waals surface area contributed by atoms with Crippen LogP contribution in [-0.4, -0.2) is 122 Å². The molecule has 0 amide bonds. The molecule has 0 aromatic heterocycles. The first-order valence-corrected chi connectivity index (χ1v) is 21.8. The van der Waals surface area contributed by atoms with Gasteiger partial charge in [0.2, 0.25) is 0 Å². The van der Waals surface area contributed by atoms with E-state index in [1.807, 2.05) is 20.8 Å². The van der Waals surface area contributed by atoms with Crippen molar-refractivity contribution in [1.29, 1.82) is 0 Å². The molecule has 0 radical (unpaired) electrons. The molecule has 0 bridgehead atoms. The van der Waals surface area contributed by atoms with Crippen LogP contribution < -0.4 is 0 Å². The first kappa shape index (κ1) is 46.8. The van der Waals surface area contributed by atoms with Crippen LogP contribution in [0.3, 0.4) is 0 Å². The number of allylic oxidation sites excluding steroid dienone is 4. The Morgan fingerprint density at radius 2 is 1.40 bits per heavy atom. The highest BCUT2D eigenvalue weighted by atomic mass is 16.7. The van der Waals surface area contributed by atoms with Gasteiger partial charge in [-0.25, -0.2) is 14.4 Å². The van der Waals surface area contributed by atoms with Crippen LogP contribution in [-0.2, 0) is 33.3 Å². The first-order chi connectivity index (χ1) is 27.9. The van der Waals surface area contributed by atoms with Crippen LogP contribution in [0.4, 0.5) is 0 Å². The Kier molecular flexibility index (Phi) is 12.6. The lowest BCUT2D eigenvalue weighted by Gasteiger charge is -2.72. The summed E-state index contributed by atoms with van der Waals surface area (Å²) in [6.07, 6.45) is -3.27. The second kappa shape index (κ2) is 16.1. The van der Waals surface area contributed by atoms with Crippen molar-refractivity contribution >= 4 is 17.9 Å². The van der Waals surface area contributed by atoms with E-state index in [1.165, 1.54) is 0 Å². The summed E-state index contributed by atoms with van der Waals surface area (Å²) >= 11 is 0. The predicted molar refractivity (Wildman–Crippen MR) is 218 cm³/mol. The first-order valence-electron chi connectivity index (χ1n) is 21.8. The smallest absolute Gasteiger partial charge is 0.335 e. The summed E-state index contributed by atoms with van der Waals surface area (Å²) < 4.78 is 24.4. The Bertz CT molecular complexity index is 1790. The van der Waals surface area contributed by atoms with E-state index in [-0.39, 0.29) is 35.7 Å². The summed E-state index contributed by atoms with van der Waals surface area (Å²) in [5.74, 6) is -3.13. The summed E-state index contributed by atoms with van der Waals surface area (Å²) in [7, 11) is 0. The number of carboxylic acid groups (broad SMARTS) is 1. The molecule has 0 spiro atoms. The maximum absolute atomic E-state index is 13.7. The number of ether oxygens (including phenoxy) is 4. The molecule has 60 heavy (non-hydrogen) atoms. The topological polar surface area (TPSA) is 230 Å². The molecule has 14 heteroatoms. The Hall–Kier alpha value is -2.69. The summed E-state index contributed by atoms with van der Waals surface area (Å²) in [5.41, 5.74) is -2.47. The molecule has 0 aromatic carbocycles. The Morgan fingerprint density at radius 1 is 0.800 bits per heavy atom. The van der Waals surface area contributed by atoms with Crippen LogP contribution in [0.25, 0.3) is 0 Å². The van der Waals surface area contributed by atoms with E-state index in [1.54, 1.807) is 39.8 Å². The number of carbonyl (C=O) groups excluding carboxylic acids is 2. The summed E-state index contributed by atoms with van der Waals surface area (Å²) in [6.45, 7) is 18.7. The number of carbonyl (C=O) groups is 3. The van der Waals surface area contributed by atoms with Gasteiger partial charge in [-0.05, 0) is 107 Å². The van der Waals surface area contributed by atoms with Gasteiger partial charge in [-0.15, -0.1) is 0 Å². The molecular weight excluding hydrogens is 776 g/mol. The second-order valence-electron chi connectivity index (χ2n) is 20.7. The number of aliphatic carboxylic acids is 1. The van der Waals surface area contributed by atoms with Gasteiger partial charge in [-0.2, -0.15) is 0 Å². The van der Waals surface area contributed by atoms with Crippen molar-refractivity contribution in [3.05, 3.63) is 34.9 Å². The number of rotatable bonds is 9. The van der Waals surface area contributed by atoms with Gasteiger partial charge in [-0.1, -0.05) is 65.3 Å². The van der Waals surface area contributed by atoms with Crippen molar-refractivity contribution < 1.29 is 69.1 Å². The van der Waals surface area contributed by atoms with Crippen molar-refractivity contribution in [3.63, 3.8) is 0 Å². The number of aliphatic hydroxyl groups excluding tert-OH is 6. The fourth-order valence-corrected chi connectivity index (χ4v) is 13.4. The van der Waals surface area contributed by atoms with Crippen LogP contribution in [0.2, 0.25) is 0 Å². The summed E-state index contributed by atoms with van der Waals surface area (Å²) in [4.78, 5) is 38.9. The van der Waals surface area contributed by atoms with Crippen LogP contribution in [0.5, 0.6) is 0 Å². The third-order valence-corrected chi connectivity index (χ3v) is 17.5. The minimum absolute atomic E-state index is 0.0723. The van der Waals surface area contributed by atoms with E-state index in [4.69, 9.17) is 18.9 Å². The minimum atomic E-state index is -1.85. The maximum atomic E-state index is 13.7. The van der Waals surface area contributed by atoms with E-state index in [0.29, 0.717) is 43.3 Å². The number of fused-ring (bicyclic) bond motifs is 7. The molecule has 5 aliphatic carbocycles. The van der Waals surface area contributed by atoms with Crippen LogP contribution in [0, 0.1) is 50.2 Å². The van der Waals surface area contributed by atoms with Gasteiger partial charge in [0.15, 0.2) is 18.5 Å². The molecule has 1 saturated heterocycles. The van der Waals surface area contributed by atoms with Crippen LogP contribution in [0.15, 0.2) is 34.9 Å². The number of hydrogen-bond donors (Lipinski definition) is 7. The van der Waals surface area contributed by atoms with Crippen LogP contribution in [0.1, 0.15) is 114 Å². The standard InChI is InChI=1S/C46H70O14/c1-11-23(3)38(55)59-35-36(60-39(56)24(4)12-2)46(22-48)26(19-41(35,5)6)25-13-14-28-42(7)17-16-30(57-40-33(52)31(50)32(51)34(58-40)37(53)54)43(8,21-47)27(42)15-18-44(28,9)45(25,10)20-29(46)49/h11-13,26-36,40,47-52H,14-22H2,1-10H3,(H,53,54). The molecule has 6 rings (SSSR count). The van der Waals surface area contributed by atoms with Gasteiger partial charge in [-0.3, -0.25) is 0 Å². The van der Waals surface area contributed by atoms with Gasteiger partial charge < -0.3 is 54.7 Å². The number of carboxylic acids is 1. The molecule has 17 unspecified atom stereocenters. The largest absolute Gasteiger partial charge is 0.479 e. The Balaban J connectivity index is 1.38. The fraction of sp³-hybridized carbons (Fsp3) is 0.804. The van der Waals surface area contributed by atoms with Crippen molar-refractivity contribution in [1.82, 2.24) is 0 Å². The van der Waals surface area contributed by atoms with Crippen molar-refractivity contribution in [3.8, 4) is 0 Å². The molecule has 17 atom stereocenters. The molecular formula is C46H70O14. The lowest BCUT2D eigenvalue weighted by atomic mass is 9.33. The average Bonchev–Trinajstić information content (AvgIpc) is 3.19. The third kappa shape index (κ3) is 6.76. The normalized spacial score (nSPS) is 47.7. The number of hydrogen-bond acceptors (Lipinski definition) is 13. The predicted octanol–water partition coefficient (Wildman–Crippen LogP) is 3.98. The average molecular weight is 847 g/mol. The van der Waals surface area contributed by atoms with Crippen LogP contribution >= 0.6 is 0 Å². The third-order valence-electron chi connectivity index (χ3n) is 17.5. The fourth-order valence-electron chi connectivity index (χ4n) is 13.4. The molecule has 1 heterocycles. The monoisotopic (exact) mass is 846 g/mol. The van der Waals surface area contributed by atoms with Gasteiger partial charge >= 0.3 is 17.9 Å². The lowest BCUT2D eigenvalue weighted by Crippen LogP contribution is -2.72. The zero-order valence-corrected chi connectivity index (χ0v) is 37.0. The van der Waals surface area contributed by atoms with E-state index < -0.39 is 107 Å². The van der Waals surface area contributed by atoms with Crippen molar-refractivity contribution in [2.75, 3.05) is 13.2 Å². The van der Waals surface area contributed by atoms with Gasteiger partial charge in [0, 0.05) is 22.0 Å². The highest BCUT2D eigenvalue weighted by molar-refractivity contribution is 5.88. The molecule has 4 saturated carbocycles. The van der Waals surface area contributed by atoms with Crippen molar-refractivity contribution in [2.45, 2.75) is 169 Å². The number of esters is 2. The molecule has 5 fully saturated rings. The molecule has 1 aliphatic heterocycles. The van der Waals surface area contributed by atoms with E-state index in [0.717, 1.165) is 12.0 Å². The Labute approximate surface area is 354 Å². The highest BCUT2D eigenvalue weighted by Crippen LogP contribution is 2.76. The molecule has 14 nitrogen and oxygen atoms in total. The van der Waals surface area contributed by atoms with Gasteiger partial charge in [0.05, 0.1) is 30.8 Å². The summed E-state index contributed by atoms with van der Waals surface area (Å²) in [5, 5.41) is 76.8. The van der Waals surface area contributed by atoms with Crippen molar-refractivity contribution in [2.24, 2.45) is 50.2 Å². The molecule has 6 aliphatic rings. The molecule has 0 aromatic rings. The van der Waals surface area contributed by atoms with Gasteiger partial charge in [0.1, 0.15) is 24.4 Å². The van der Waals surface area contributed by atoms with E-state index in [2.05, 4.69) is 26.8 Å². The number of aliphatic hydroxyl groups is 6. The zero-order valence-electron chi connectivity index (χ0n) is 37.0. The zero-order chi connectivity index (χ0) is 44.7.